The summed E-state index contributed by atoms with van der Waals surface area (Å²) in [6.07, 6.45) is 5.81. The van der Waals surface area contributed by atoms with Crippen molar-refractivity contribution in [3.05, 3.63) is 53.6 Å². The van der Waals surface area contributed by atoms with Gasteiger partial charge in [0, 0.05) is 19.1 Å². The molecule has 0 atom stereocenters. The highest BCUT2D eigenvalue weighted by atomic mass is 16.5. The van der Waals surface area contributed by atoms with E-state index < -0.39 is 0 Å². The predicted octanol–water partition coefficient (Wildman–Crippen LogP) is 3.82. The van der Waals surface area contributed by atoms with Crippen LogP contribution in [0.25, 0.3) is 0 Å². The third-order valence-electron chi connectivity index (χ3n) is 5.93. The zero-order valence-electron chi connectivity index (χ0n) is 18.9. The molecule has 1 amide bonds. The molecular formula is C25H34N2O4. The Bertz CT molecular complexity index is 810. The maximum Gasteiger partial charge on any atom is 0.234 e. The van der Waals surface area contributed by atoms with E-state index in [1.807, 2.05) is 18.2 Å². The first kappa shape index (κ1) is 22.9. The smallest absolute Gasteiger partial charge is 0.234 e. The highest BCUT2D eigenvalue weighted by Gasteiger charge is 2.24. The molecule has 2 aromatic rings. The molecule has 0 radical (unpaired) electrons. The predicted molar refractivity (Wildman–Crippen MR) is 122 cm³/mol. The van der Waals surface area contributed by atoms with Gasteiger partial charge in [0.05, 0.1) is 27.9 Å². The Balaban J connectivity index is 1.60. The van der Waals surface area contributed by atoms with Gasteiger partial charge in [-0.3, -0.25) is 9.69 Å². The minimum Gasteiger partial charge on any atom is -0.493 e. The van der Waals surface area contributed by atoms with Crippen molar-refractivity contribution in [2.24, 2.45) is 0 Å². The topological polar surface area (TPSA) is 60.0 Å². The maximum atomic E-state index is 12.8. The van der Waals surface area contributed by atoms with Gasteiger partial charge in [0.1, 0.15) is 0 Å². The number of hydrogen-bond acceptors (Lipinski definition) is 5. The molecule has 168 valence electrons. The minimum absolute atomic E-state index is 0.0358. The van der Waals surface area contributed by atoms with Crippen LogP contribution in [0.4, 0.5) is 0 Å². The first-order valence-corrected chi connectivity index (χ1v) is 11.0. The van der Waals surface area contributed by atoms with Crippen LogP contribution in [0.2, 0.25) is 0 Å². The van der Waals surface area contributed by atoms with Crippen molar-refractivity contribution in [2.45, 2.75) is 44.7 Å². The van der Waals surface area contributed by atoms with Crippen molar-refractivity contribution >= 4 is 5.91 Å². The Morgan fingerprint density at radius 1 is 0.968 bits per heavy atom. The molecule has 1 saturated carbocycles. The lowest BCUT2D eigenvalue weighted by molar-refractivity contribution is -0.123. The van der Waals surface area contributed by atoms with E-state index >= 15 is 0 Å². The molecule has 1 fully saturated rings. The highest BCUT2D eigenvalue weighted by molar-refractivity contribution is 5.78. The van der Waals surface area contributed by atoms with Crippen molar-refractivity contribution in [3.8, 4) is 17.2 Å². The van der Waals surface area contributed by atoms with Gasteiger partial charge in [0.15, 0.2) is 11.5 Å². The molecule has 0 aromatic heterocycles. The lowest BCUT2D eigenvalue weighted by atomic mass is 10.1. The average Bonchev–Trinajstić information content (AvgIpc) is 3.35. The summed E-state index contributed by atoms with van der Waals surface area (Å²) < 4.78 is 16.2. The van der Waals surface area contributed by atoms with Gasteiger partial charge in [-0.1, -0.05) is 43.2 Å². The molecule has 1 aliphatic carbocycles. The standard InChI is InChI=1S/C25H34N2O4/c1-29-22-15-20(16-23(30-2)25(22)31-3)17-26-24(28)18-27(21-11-7-8-12-21)14-13-19-9-5-4-6-10-19/h4-6,9-10,15-16,21H,7-8,11-14,17-18H2,1-3H3,(H,26,28). The molecule has 1 aliphatic rings. The van der Waals surface area contributed by atoms with Crippen LogP contribution in [-0.4, -0.2) is 51.3 Å². The van der Waals surface area contributed by atoms with Crippen LogP contribution in [0.1, 0.15) is 36.8 Å². The number of rotatable bonds is 11. The van der Waals surface area contributed by atoms with Gasteiger partial charge in [-0.25, -0.2) is 0 Å². The maximum absolute atomic E-state index is 12.8. The van der Waals surface area contributed by atoms with Crippen molar-refractivity contribution in [2.75, 3.05) is 34.4 Å². The van der Waals surface area contributed by atoms with Crippen molar-refractivity contribution < 1.29 is 19.0 Å². The second kappa shape index (κ2) is 11.6. The summed E-state index contributed by atoms with van der Waals surface area (Å²) in [5, 5.41) is 3.06. The lowest BCUT2D eigenvalue weighted by Gasteiger charge is -2.28. The molecule has 6 nitrogen and oxygen atoms in total. The van der Waals surface area contributed by atoms with E-state index in [0.717, 1.165) is 18.5 Å². The SMILES string of the molecule is COc1cc(CNC(=O)CN(CCc2ccccc2)C2CCCC2)cc(OC)c1OC. The molecule has 0 unspecified atom stereocenters. The van der Waals surface area contributed by atoms with Gasteiger partial charge in [0.2, 0.25) is 11.7 Å². The summed E-state index contributed by atoms with van der Waals surface area (Å²) in [6.45, 7) is 1.72. The Hall–Kier alpha value is -2.73. The normalized spacial score (nSPS) is 13.9. The van der Waals surface area contributed by atoms with E-state index in [0.29, 0.717) is 36.4 Å². The number of carbonyl (C=O) groups excluding carboxylic acids is 1. The van der Waals surface area contributed by atoms with Crippen LogP contribution in [0.5, 0.6) is 17.2 Å². The Kier molecular flexibility index (Phi) is 8.59. The van der Waals surface area contributed by atoms with Crippen LogP contribution >= 0.6 is 0 Å². The molecule has 31 heavy (non-hydrogen) atoms. The first-order valence-electron chi connectivity index (χ1n) is 11.0. The number of ether oxygens (including phenoxy) is 3. The summed E-state index contributed by atoms with van der Waals surface area (Å²) in [5.74, 6) is 1.75. The van der Waals surface area contributed by atoms with Gasteiger partial charge in [0.25, 0.3) is 0 Å². The zero-order chi connectivity index (χ0) is 22.1. The molecule has 0 aliphatic heterocycles. The number of nitrogens with one attached hydrogen (secondary N) is 1. The van der Waals surface area contributed by atoms with Gasteiger partial charge in [-0.05, 0) is 42.5 Å². The number of methoxy groups -OCH3 is 3. The molecule has 0 spiro atoms. The molecule has 6 heteroatoms. The molecular weight excluding hydrogens is 392 g/mol. The van der Waals surface area contributed by atoms with Gasteiger partial charge in [-0.15, -0.1) is 0 Å². The first-order chi connectivity index (χ1) is 15.1. The third-order valence-corrected chi connectivity index (χ3v) is 5.93. The molecule has 3 rings (SSSR count). The number of benzene rings is 2. The third kappa shape index (κ3) is 6.37. The Labute approximate surface area is 185 Å². The van der Waals surface area contributed by atoms with Crippen LogP contribution in [-0.2, 0) is 17.8 Å². The summed E-state index contributed by atoms with van der Waals surface area (Å²) in [4.78, 5) is 15.1. The number of carbonyl (C=O) groups is 1. The summed E-state index contributed by atoms with van der Waals surface area (Å²) in [6, 6.07) is 14.7. The van der Waals surface area contributed by atoms with Gasteiger partial charge in [-0.2, -0.15) is 0 Å². The van der Waals surface area contributed by atoms with Crippen LogP contribution in [0.3, 0.4) is 0 Å². The monoisotopic (exact) mass is 426 g/mol. The lowest BCUT2D eigenvalue weighted by Crippen LogP contribution is -2.42. The van der Waals surface area contributed by atoms with Crippen LogP contribution in [0.15, 0.2) is 42.5 Å². The largest absolute Gasteiger partial charge is 0.493 e. The second-order valence-corrected chi connectivity index (χ2v) is 7.95. The number of amides is 1. The van der Waals surface area contributed by atoms with Crippen LogP contribution < -0.4 is 19.5 Å². The fourth-order valence-electron chi connectivity index (χ4n) is 4.26. The molecule has 0 saturated heterocycles. The fourth-order valence-corrected chi connectivity index (χ4v) is 4.26. The number of hydrogen-bond donors (Lipinski definition) is 1. The Morgan fingerprint density at radius 3 is 2.19 bits per heavy atom. The Morgan fingerprint density at radius 2 is 1.61 bits per heavy atom. The summed E-state index contributed by atoms with van der Waals surface area (Å²) in [7, 11) is 4.76. The minimum atomic E-state index is 0.0358. The molecule has 1 N–H and O–H groups in total. The highest BCUT2D eigenvalue weighted by Crippen LogP contribution is 2.38. The van der Waals surface area contributed by atoms with Crippen molar-refractivity contribution in [1.29, 1.82) is 0 Å². The quantitative estimate of drug-likeness (QED) is 0.592. The van der Waals surface area contributed by atoms with E-state index in [4.69, 9.17) is 14.2 Å². The van der Waals surface area contributed by atoms with Crippen molar-refractivity contribution in [3.63, 3.8) is 0 Å². The zero-order valence-corrected chi connectivity index (χ0v) is 18.9. The summed E-state index contributed by atoms with van der Waals surface area (Å²) in [5.41, 5.74) is 2.21. The van der Waals surface area contributed by atoms with E-state index in [-0.39, 0.29) is 5.91 Å². The van der Waals surface area contributed by atoms with E-state index in [1.54, 1.807) is 21.3 Å². The van der Waals surface area contributed by atoms with Gasteiger partial charge < -0.3 is 19.5 Å². The molecule has 0 heterocycles. The molecule has 0 bridgehead atoms. The van der Waals surface area contributed by atoms with E-state index in [9.17, 15) is 4.79 Å². The second-order valence-electron chi connectivity index (χ2n) is 7.95. The van der Waals surface area contributed by atoms with E-state index in [1.165, 1.54) is 31.2 Å². The van der Waals surface area contributed by atoms with Gasteiger partial charge >= 0.3 is 0 Å². The summed E-state index contributed by atoms with van der Waals surface area (Å²) >= 11 is 0. The average molecular weight is 427 g/mol. The molecule has 2 aromatic carbocycles. The van der Waals surface area contributed by atoms with Crippen LogP contribution in [0, 0.1) is 0 Å². The fraction of sp³-hybridized carbons (Fsp3) is 0.480. The number of nitrogens with zero attached hydrogens (tertiary/aromatic N) is 1. The van der Waals surface area contributed by atoms with Crippen molar-refractivity contribution in [1.82, 2.24) is 10.2 Å². The van der Waals surface area contributed by atoms with E-state index in [2.05, 4.69) is 34.5 Å².